The Balaban J connectivity index is 2.16. The van der Waals surface area contributed by atoms with Gasteiger partial charge >= 0.3 is 0 Å². The van der Waals surface area contributed by atoms with E-state index in [2.05, 4.69) is 11.9 Å². The summed E-state index contributed by atoms with van der Waals surface area (Å²) in [5, 5.41) is 0.641. The van der Waals surface area contributed by atoms with Gasteiger partial charge in [0.2, 0.25) is 0 Å². The lowest BCUT2D eigenvalue weighted by Crippen LogP contribution is -2.09. The van der Waals surface area contributed by atoms with Gasteiger partial charge in [0, 0.05) is 6.20 Å². The Labute approximate surface area is 84.9 Å². The summed E-state index contributed by atoms with van der Waals surface area (Å²) in [6.07, 6.45) is 6.20. The molecule has 2 bridgehead atoms. The number of allylic oxidation sites excluding steroid dienone is 1. The predicted octanol–water partition coefficient (Wildman–Crippen LogP) is 3.59. The Morgan fingerprint density at radius 1 is 1.54 bits per heavy atom. The van der Waals surface area contributed by atoms with Gasteiger partial charge < -0.3 is 0 Å². The van der Waals surface area contributed by atoms with Gasteiger partial charge in [-0.15, -0.1) is 0 Å². The minimum absolute atomic E-state index is 0.641. The van der Waals surface area contributed by atoms with Crippen molar-refractivity contribution < 1.29 is 0 Å². The van der Waals surface area contributed by atoms with Crippen molar-refractivity contribution in [2.45, 2.75) is 33.1 Å². The first kappa shape index (κ1) is 9.26. The lowest BCUT2D eigenvalue weighted by molar-refractivity contribution is 0.434. The molecule has 2 fully saturated rings. The average molecular weight is 198 g/mol. The smallest absolute Gasteiger partial charge is 0.103 e. The molecule has 0 amide bonds. The maximum Gasteiger partial charge on any atom is 0.103 e. The number of hydrogen-bond acceptors (Lipinski definition) is 1. The van der Waals surface area contributed by atoms with Gasteiger partial charge in [0.25, 0.3) is 0 Å². The molecule has 0 saturated heterocycles. The van der Waals surface area contributed by atoms with Crippen LogP contribution < -0.4 is 0 Å². The molecule has 0 heterocycles. The number of nitrogens with zero attached hydrogens (tertiary/aromatic N) is 1. The SMILES string of the molecule is C/C(Cl)=N\C=C1\C2CCC(C2)C1C. The molecule has 72 valence electrons. The van der Waals surface area contributed by atoms with E-state index in [0.717, 1.165) is 17.8 Å². The summed E-state index contributed by atoms with van der Waals surface area (Å²) in [4.78, 5) is 4.20. The van der Waals surface area contributed by atoms with Gasteiger partial charge in [-0.05, 0) is 49.5 Å². The normalized spacial score (nSPS) is 41.9. The number of hydrogen-bond donors (Lipinski definition) is 0. The first-order valence-electron chi connectivity index (χ1n) is 5.08. The summed E-state index contributed by atoms with van der Waals surface area (Å²) in [6, 6.07) is 0. The second kappa shape index (κ2) is 3.45. The summed E-state index contributed by atoms with van der Waals surface area (Å²) in [6.45, 7) is 4.16. The Morgan fingerprint density at radius 3 is 2.85 bits per heavy atom. The van der Waals surface area contributed by atoms with Crippen molar-refractivity contribution >= 4 is 16.8 Å². The highest BCUT2D eigenvalue weighted by Gasteiger charge is 2.40. The molecule has 0 aromatic rings. The number of rotatable bonds is 1. The van der Waals surface area contributed by atoms with Crippen molar-refractivity contribution in [2.75, 3.05) is 0 Å². The van der Waals surface area contributed by atoms with Gasteiger partial charge in [-0.2, -0.15) is 0 Å². The monoisotopic (exact) mass is 197 g/mol. The van der Waals surface area contributed by atoms with Crippen LogP contribution in [0, 0.1) is 17.8 Å². The van der Waals surface area contributed by atoms with Crippen LogP contribution in [-0.4, -0.2) is 5.17 Å². The van der Waals surface area contributed by atoms with E-state index in [9.17, 15) is 0 Å². The second-order valence-electron chi connectivity index (χ2n) is 4.31. The molecular formula is C11H16ClN. The molecule has 2 heteroatoms. The fraction of sp³-hybridized carbons (Fsp3) is 0.727. The van der Waals surface area contributed by atoms with E-state index in [0.29, 0.717) is 5.17 Å². The lowest BCUT2D eigenvalue weighted by Gasteiger charge is -2.19. The van der Waals surface area contributed by atoms with E-state index in [1.54, 1.807) is 0 Å². The largest absolute Gasteiger partial charge is 0.249 e. The van der Waals surface area contributed by atoms with E-state index < -0.39 is 0 Å². The van der Waals surface area contributed by atoms with Crippen molar-refractivity contribution in [1.82, 2.24) is 0 Å². The summed E-state index contributed by atoms with van der Waals surface area (Å²) in [5.74, 6) is 2.50. The number of aliphatic imine (C=N–C) groups is 1. The molecule has 2 saturated carbocycles. The summed E-state index contributed by atoms with van der Waals surface area (Å²) in [5.41, 5.74) is 1.54. The van der Waals surface area contributed by atoms with Crippen LogP contribution in [0.1, 0.15) is 33.1 Å². The molecule has 3 atom stereocenters. The Bertz CT molecular complexity index is 259. The third-order valence-electron chi connectivity index (χ3n) is 3.57. The number of halogens is 1. The minimum Gasteiger partial charge on any atom is -0.249 e. The Morgan fingerprint density at radius 2 is 2.31 bits per heavy atom. The quantitative estimate of drug-likeness (QED) is 0.570. The van der Waals surface area contributed by atoms with Gasteiger partial charge in [0.05, 0.1) is 0 Å². The highest BCUT2D eigenvalue weighted by atomic mass is 35.5. The van der Waals surface area contributed by atoms with Gasteiger partial charge in [-0.1, -0.05) is 18.5 Å². The van der Waals surface area contributed by atoms with Crippen LogP contribution >= 0.6 is 11.6 Å². The third-order valence-corrected chi connectivity index (χ3v) is 3.67. The molecule has 0 aromatic carbocycles. The zero-order valence-corrected chi connectivity index (χ0v) is 9.01. The van der Waals surface area contributed by atoms with E-state index in [-0.39, 0.29) is 0 Å². The first-order chi connectivity index (χ1) is 6.18. The van der Waals surface area contributed by atoms with Crippen molar-refractivity contribution in [3.8, 4) is 0 Å². The molecule has 0 aromatic heterocycles. The Hall–Kier alpha value is -0.300. The molecular weight excluding hydrogens is 182 g/mol. The number of fused-ring (bicyclic) bond motifs is 2. The highest BCUT2D eigenvalue weighted by molar-refractivity contribution is 6.64. The van der Waals surface area contributed by atoms with Crippen LogP contribution in [-0.2, 0) is 0 Å². The standard InChI is InChI=1S/C11H16ClN/c1-7-9-3-4-10(5-9)11(7)6-13-8(2)12/h6-7,9-10H,3-5H2,1-2H3/b11-6+,13-8+. The van der Waals surface area contributed by atoms with Crippen molar-refractivity contribution in [3.05, 3.63) is 11.8 Å². The van der Waals surface area contributed by atoms with Crippen LogP contribution in [0.15, 0.2) is 16.8 Å². The molecule has 3 unspecified atom stereocenters. The van der Waals surface area contributed by atoms with Crippen LogP contribution in [0.4, 0.5) is 0 Å². The molecule has 0 spiro atoms. The fourth-order valence-electron chi connectivity index (χ4n) is 2.80. The minimum atomic E-state index is 0.641. The van der Waals surface area contributed by atoms with Crippen molar-refractivity contribution in [2.24, 2.45) is 22.7 Å². The van der Waals surface area contributed by atoms with Gasteiger partial charge in [-0.25, -0.2) is 4.99 Å². The van der Waals surface area contributed by atoms with Crippen LogP contribution in [0.2, 0.25) is 0 Å². The summed E-state index contributed by atoms with van der Waals surface area (Å²) in [7, 11) is 0. The van der Waals surface area contributed by atoms with Gasteiger partial charge in [-0.3, -0.25) is 0 Å². The summed E-state index contributed by atoms with van der Waals surface area (Å²) >= 11 is 5.71. The van der Waals surface area contributed by atoms with Crippen LogP contribution in [0.25, 0.3) is 0 Å². The average Bonchev–Trinajstić information content (AvgIpc) is 2.61. The van der Waals surface area contributed by atoms with Crippen LogP contribution in [0.3, 0.4) is 0 Å². The zero-order valence-electron chi connectivity index (χ0n) is 8.26. The predicted molar refractivity (Wildman–Crippen MR) is 57.0 cm³/mol. The molecule has 2 aliphatic carbocycles. The van der Waals surface area contributed by atoms with Crippen LogP contribution in [0.5, 0.6) is 0 Å². The van der Waals surface area contributed by atoms with E-state index in [1.807, 2.05) is 13.1 Å². The summed E-state index contributed by atoms with van der Waals surface area (Å²) < 4.78 is 0. The second-order valence-corrected chi connectivity index (χ2v) is 4.86. The molecule has 13 heavy (non-hydrogen) atoms. The molecule has 0 N–H and O–H groups in total. The molecule has 0 aliphatic heterocycles. The molecule has 2 rings (SSSR count). The molecule has 1 nitrogen and oxygen atoms in total. The maximum atomic E-state index is 5.71. The topological polar surface area (TPSA) is 12.4 Å². The lowest BCUT2D eigenvalue weighted by atomic mass is 9.86. The maximum absolute atomic E-state index is 5.71. The van der Waals surface area contributed by atoms with Crippen molar-refractivity contribution in [1.29, 1.82) is 0 Å². The molecule has 0 radical (unpaired) electrons. The Kier molecular flexibility index (Phi) is 2.46. The highest BCUT2D eigenvalue weighted by Crippen LogP contribution is 2.51. The van der Waals surface area contributed by atoms with E-state index in [4.69, 9.17) is 11.6 Å². The zero-order chi connectivity index (χ0) is 9.42. The third kappa shape index (κ3) is 1.67. The van der Waals surface area contributed by atoms with Crippen molar-refractivity contribution in [3.63, 3.8) is 0 Å². The van der Waals surface area contributed by atoms with E-state index in [1.165, 1.54) is 24.8 Å². The van der Waals surface area contributed by atoms with Gasteiger partial charge in [0.1, 0.15) is 5.17 Å². The van der Waals surface area contributed by atoms with Gasteiger partial charge in [0.15, 0.2) is 0 Å². The fourth-order valence-corrected chi connectivity index (χ4v) is 2.85. The van der Waals surface area contributed by atoms with E-state index >= 15 is 0 Å². The molecule has 2 aliphatic rings. The first-order valence-corrected chi connectivity index (χ1v) is 5.46.